The number of benzene rings is 2. The molecule has 1 unspecified atom stereocenters. The van der Waals surface area contributed by atoms with E-state index < -0.39 is 58.4 Å². The molecule has 0 bridgehead atoms. The van der Waals surface area contributed by atoms with Gasteiger partial charge in [-0.05, 0) is 29.8 Å². The van der Waals surface area contributed by atoms with Crippen molar-refractivity contribution in [1.82, 2.24) is 14.9 Å². The van der Waals surface area contributed by atoms with E-state index in [-0.39, 0.29) is 5.69 Å². The minimum Gasteiger partial charge on any atom is -0.330 e. The molecule has 1 aliphatic rings. The predicted octanol–water partition coefficient (Wildman–Crippen LogP) is 1.73. The van der Waals surface area contributed by atoms with Gasteiger partial charge >= 0.3 is 11.9 Å². The molecule has 1 aromatic heterocycles. The molecule has 12 heteroatoms. The maximum Gasteiger partial charge on any atom is 0.425 e. The van der Waals surface area contributed by atoms with Crippen LogP contribution in [0.2, 0.25) is 0 Å². The number of hydrogen-bond donors (Lipinski definition) is 3. The van der Waals surface area contributed by atoms with Crippen LogP contribution in [0, 0.1) is 5.82 Å². The molecular weight excluding hydrogens is 448 g/mol. The number of carbonyl (C=O) groups is 2. The molecule has 3 aromatic rings. The van der Waals surface area contributed by atoms with Crippen LogP contribution in [0.1, 0.15) is 11.1 Å². The summed E-state index contributed by atoms with van der Waals surface area (Å²) in [6, 6.07) is 11.8. The van der Waals surface area contributed by atoms with Crippen molar-refractivity contribution in [2.75, 3.05) is 5.32 Å². The Hall–Kier alpha value is -4.22. The Labute approximate surface area is 181 Å². The van der Waals surface area contributed by atoms with Crippen molar-refractivity contribution in [2.24, 2.45) is 0 Å². The van der Waals surface area contributed by atoms with E-state index in [1.165, 1.54) is 12.1 Å². The van der Waals surface area contributed by atoms with Crippen LogP contribution in [0.15, 0.2) is 64.2 Å². The zero-order valence-corrected chi connectivity index (χ0v) is 16.5. The van der Waals surface area contributed by atoms with Gasteiger partial charge in [-0.2, -0.15) is 13.2 Å². The molecule has 8 nitrogen and oxygen atoms in total. The van der Waals surface area contributed by atoms with Crippen LogP contribution in [0.25, 0.3) is 5.69 Å². The van der Waals surface area contributed by atoms with Crippen LogP contribution in [0.3, 0.4) is 0 Å². The lowest BCUT2D eigenvalue weighted by Gasteiger charge is -2.30. The van der Waals surface area contributed by atoms with Gasteiger partial charge < -0.3 is 10.6 Å². The van der Waals surface area contributed by atoms with Gasteiger partial charge in [-0.1, -0.05) is 30.3 Å². The number of hydrogen-bond acceptors (Lipinski definition) is 4. The van der Waals surface area contributed by atoms with Crippen molar-refractivity contribution in [1.29, 1.82) is 0 Å². The smallest absolute Gasteiger partial charge is 0.330 e. The van der Waals surface area contributed by atoms with Gasteiger partial charge in [-0.25, -0.2) is 13.8 Å². The number of aromatic amines is 1. The van der Waals surface area contributed by atoms with Crippen LogP contribution < -0.4 is 21.9 Å². The Kier molecular flexibility index (Phi) is 5.15. The Morgan fingerprint density at radius 3 is 2.24 bits per heavy atom. The summed E-state index contributed by atoms with van der Waals surface area (Å²) >= 11 is 0. The maximum atomic E-state index is 14.3. The number of nitrogens with one attached hydrogen (secondary N) is 3. The van der Waals surface area contributed by atoms with Crippen LogP contribution >= 0.6 is 0 Å². The second kappa shape index (κ2) is 7.73. The van der Waals surface area contributed by atoms with Crippen molar-refractivity contribution in [3.8, 4) is 5.69 Å². The van der Waals surface area contributed by atoms with Crippen LogP contribution in [-0.2, 0) is 21.5 Å². The first-order valence-corrected chi connectivity index (χ1v) is 9.43. The van der Waals surface area contributed by atoms with Crippen molar-refractivity contribution >= 4 is 17.6 Å². The van der Waals surface area contributed by atoms with Crippen molar-refractivity contribution < 1.29 is 27.2 Å². The number of aromatic nitrogens is 2. The number of H-pyrrole nitrogens is 1. The summed E-state index contributed by atoms with van der Waals surface area (Å²) in [6.45, 7) is 0. The van der Waals surface area contributed by atoms with Gasteiger partial charge in [0.05, 0.1) is 12.1 Å². The van der Waals surface area contributed by atoms with Crippen molar-refractivity contribution in [2.45, 2.75) is 18.1 Å². The molecule has 33 heavy (non-hydrogen) atoms. The van der Waals surface area contributed by atoms with E-state index >= 15 is 0 Å². The lowest BCUT2D eigenvalue weighted by molar-refractivity contribution is -0.200. The molecule has 0 radical (unpaired) electrons. The van der Waals surface area contributed by atoms with E-state index in [1.807, 2.05) is 5.32 Å². The Balaban J connectivity index is 1.90. The highest BCUT2D eigenvalue weighted by Crippen LogP contribution is 2.45. The first-order chi connectivity index (χ1) is 15.5. The quantitative estimate of drug-likeness (QED) is 0.513. The lowest BCUT2D eigenvalue weighted by atomic mass is 9.91. The van der Waals surface area contributed by atoms with Crippen molar-refractivity contribution in [3.63, 3.8) is 0 Å². The third-order valence-corrected chi connectivity index (χ3v) is 5.10. The molecular formula is C21H14F4N4O4. The topological polar surface area (TPSA) is 113 Å². The number of rotatable bonds is 4. The second-order valence-electron chi connectivity index (χ2n) is 7.21. The van der Waals surface area contributed by atoms with Gasteiger partial charge in [0.1, 0.15) is 17.2 Å². The van der Waals surface area contributed by atoms with Crippen LogP contribution in [0.4, 0.5) is 23.4 Å². The molecule has 4 rings (SSSR count). The van der Waals surface area contributed by atoms with E-state index in [9.17, 15) is 36.7 Å². The summed E-state index contributed by atoms with van der Waals surface area (Å²) in [7, 11) is 0. The Bertz CT molecular complexity index is 1360. The summed E-state index contributed by atoms with van der Waals surface area (Å²) in [6.07, 6.45) is -5.95. The van der Waals surface area contributed by atoms with Crippen LogP contribution in [0.5, 0.6) is 0 Å². The number of nitrogens with zero attached hydrogens (tertiary/aromatic N) is 1. The molecule has 1 atom stereocenters. The third-order valence-electron chi connectivity index (χ3n) is 5.10. The third kappa shape index (κ3) is 3.58. The molecule has 2 heterocycles. The molecule has 2 amide bonds. The number of alkyl halides is 3. The zero-order chi connectivity index (χ0) is 24.0. The fraction of sp³-hybridized carbons (Fsp3) is 0.143. The number of anilines is 1. The first kappa shape index (κ1) is 22.0. The SMILES string of the molecule is O=C(Cc1ccccc1)NC1(C(F)(F)F)C(=O)Nc2c1c(=O)[nH]c(=O)n2-c1ccc(F)cc1. The van der Waals surface area contributed by atoms with Crippen LogP contribution in [-0.4, -0.2) is 27.5 Å². The first-order valence-electron chi connectivity index (χ1n) is 9.43. The van der Waals surface area contributed by atoms with E-state index in [2.05, 4.69) is 0 Å². The minimum atomic E-state index is -5.45. The van der Waals surface area contributed by atoms with Gasteiger partial charge in [-0.3, -0.25) is 19.4 Å². The molecule has 0 aliphatic carbocycles. The second-order valence-corrected chi connectivity index (χ2v) is 7.21. The Morgan fingerprint density at radius 2 is 1.64 bits per heavy atom. The summed E-state index contributed by atoms with van der Waals surface area (Å²) < 4.78 is 56.9. The monoisotopic (exact) mass is 462 g/mol. The highest BCUT2D eigenvalue weighted by atomic mass is 19.4. The molecule has 0 fully saturated rings. The maximum absolute atomic E-state index is 14.3. The summed E-state index contributed by atoms with van der Waals surface area (Å²) in [5, 5.41) is 3.57. The van der Waals surface area contributed by atoms with Gasteiger partial charge in [0.25, 0.3) is 11.5 Å². The molecule has 0 spiro atoms. The van der Waals surface area contributed by atoms with Gasteiger partial charge in [-0.15, -0.1) is 0 Å². The van der Waals surface area contributed by atoms with E-state index in [0.29, 0.717) is 10.1 Å². The van der Waals surface area contributed by atoms with Gasteiger partial charge in [0, 0.05) is 0 Å². The molecule has 0 saturated heterocycles. The highest BCUT2D eigenvalue weighted by Gasteiger charge is 2.68. The molecule has 3 N–H and O–H groups in total. The standard InChI is InChI=1S/C21H14F4N4O4/c22-12-6-8-13(9-7-12)29-16-15(17(31)27-19(29)33)20(18(32)26-16,21(23,24)25)28-14(30)10-11-4-2-1-3-5-11/h1-9H,10H2,(H,26,32)(H,28,30)(H,27,31,33). The summed E-state index contributed by atoms with van der Waals surface area (Å²) in [5.74, 6) is -4.41. The fourth-order valence-corrected chi connectivity index (χ4v) is 3.65. The minimum absolute atomic E-state index is 0.122. The van der Waals surface area contributed by atoms with E-state index in [4.69, 9.17) is 0 Å². The average Bonchev–Trinajstić information content (AvgIpc) is 3.03. The van der Waals surface area contributed by atoms with Gasteiger partial charge in [0.15, 0.2) is 0 Å². The predicted molar refractivity (Wildman–Crippen MR) is 107 cm³/mol. The summed E-state index contributed by atoms with van der Waals surface area (Å²) in [4.78, 5) is 51.9. The molecule has 2 aromatic carbocycles. The largest absolute Gasteiger partial charge is 0.425 e. The van der Waals surface area contributed by atoms with Crippen molar-refractivity contribution in [3.05, 3.63) is 92.4 Å². The van der Waals surface area contributed by atoms with E-state index in [1.54, 1.807) is 28.5 Å². The lowest BCUT2D eigenvalue weighted by Crippen LogP contribution is -2.62. The molecule has 0 saturated carbocycles. The normalized spacial score (nSPS) is 17.4. The van der Waals surface area contributed by atoms with Gasteiger partial charge in [0.2, 0.25) is 11.4 Å². The van der Waals surface area contributed by atoms with E-state index in [0.717, 1.165) is 24.3 Å². The highest BCUT2D eigenvalue weighted by molar-refractivity contribution is 6.08. The molecule has 1 aliphatic heterocycles. The number of carbonyl (C=O) groups excluding carboxylic acids is 2. The Morgan fingerprint density at radius 1 is 1.00 bits per heavy atom. The number of amides is 2. The number of halogens is 4. The molecule has 170 valence electrons. The number of fused-ring (bicyclic) bond motifs is 1. The summed E-state index contributed by atoms with van der Waals surface area (Å²) in [5.41, 5.74) is -7.38. The fourth-order valence-electron chi connectivity index (χ4n) is 3.65. The average molecular weight is 462 g/mol. The zero-order valence-electron chi connectivity index (χ0n) is 16.5.